The molecule has 28 heavy (non-hydrogen) atoms. The summed E-state index contributed by atoms with van der Waals surface area (Å²) in [6, 6.07) is 10.0. The first-order valence-electron chi connectivity index (χ1n) is 10.5. The molecule has 1 aromatic carbocycles. The SMILES string of the molecule is CN1CCC(O)(C(=O)N2CCCC23CCCN(Cc2ccccc2)C3=O)CC1. The minimum atomic E-state index is -1.33. The van der Waals surface area contributed by atoms with Crippen LogP contribution in [0.5, 0.6) is 0 Å². The molecule has 1 spiro atoms. The second-order valence-corrected chi connectivity index (χ2v) is 8.74. The lowest BCUT2D eigenvalue weighted by Crippen LogP contribution is -2.65. The van der Waals surface area contributed by atoms with Crippen molar-refractivity contribution < 1.29 is 14.7 Å². The van der Waals surface area contributed by atoms with Crippen LogP contribution in [0.4, 0.5) is 0 Å². The van der Waals surface area contributed by atoms with Crippen LogP contribution in [0.1, 0.15) is 44.1 Å². The van der Waals surface area contributed by atoms with Crippen LogP contribution in [0.3, 0.4) is 0 Å². The lowest BCUT2D eigenvalue weighted by Gasteiger charge is -2.47. The van der Waals surface area contributed by atoms with Crippen molar-refractivity contribution in [1.29, 1.82) is 0 Å². The van der Waals surface area contributed by atoms with Crippen LogP contribution in [0.2, 0.25) is 0 Å². The van der Waals surface area contributed by atoms with Gasteiger partial charge in [0.05, 0.1) is 0 Å². The number of benzene rings is 1. The molecule has 0 aromatic heterocycles. The largest absolute Gasteiger partial charge is 0.380 e. The molecule has 1 aromatic rings. The molecule has 4 rings (SSSR count). The van der Waals surface area contributed by atoms with Gasteiger partial charge in [-0.1, -0.05) is 30.3 Å². The molecule has 0 radical (unpaired) electrons. The van der Waals surface area contributed by atoms with E-state index in [1.807, 2.05) is 42.3 Å². The zero-order valence-corrected chi connectivity index (χ0v) is 16.8. The van der Waals surface area contributed by atoms with Gasteiger partial charge in [0, 0.05) is 32.7 Å². The number of carbonyl (C=O) groups is 2. The Morgan fingerprint density at radius 2 is 1.64 bits per heavy atom. The van der Waals surface area contributed by atoms with E-state index in [4.69, 9.17) is 0 Å². The third-order valence-electron chi connectivity index (χ3n) is 6.87. The van der Waals surface area contributed by atoms with Crippen molar-refractivity contribution >= 4 is 11.8 Å². The molecular weight excluding hydrogens is 354 g/mol. The average molecular weight is 386 g/mol. The number of hydrogen-bond donors (Lipinski definition) is 1. The van der Waals surface area contributed by atoms with E-state index in [1.54, 1.807) is 4.90 Å². The predicted molar refractivity (Wildman–Crippen MR) is 106 cm³/mol. The van der Waals surface area contributed by atoms with Crippen LogP contribution < -0.4 is 0 Å². The van der Waals surface area contributed by atoms with Gasteiger partial charge in [0.2, 0.25) is 5.91 Å². The minimum Gasteiger partial charge on any atom is -0.380 e. The Balaban J connectivity index is 1.55. The Kier molecular flexibility index (Phi) is 5.19. The van der Waals surface area contributed by atoms with Crippen molar-refractivity contribution in [3.8, 4) is 0 Å². The quantitative estimate of drug-likeness (QED) is 0.859. The van der Waals surface area contributed by atoms with Gasteiger partial charge in [-0.05, 0) is 51.1 Å². The third kappa shape index (κ3) is 3.33. The van der Waals surface area contributed by atoms with Crippen LogP contribution >= 0.6 is 0 Å². The Bertz CT molecular complexity index is 730. The number of carbonyl (C=O) groups excluding carboxylic acids is 2. The van der Waals surface area contributed by atoms with Gasteiger partial charge in [0.25, 0.3) is 5.91 Å². The van der Waals surface area contributed by atoms with Crippen molar-refractivity contribution in [2.24, 2.45) is 0 Å². The summed E-state index contributed by atoms with van der Waals surface area (Å²) in [6.07, 6.45) is 4.02. The fraction of sp³-hybridized carbons (Fsp3) is 0.636. The number of aliphatic hydroxyl groups is 1. The molecule has 1 N–H and O–H groups in total. The maximum Gasteiger partial charge on any atom is 0.255 e. The van der Waals surface area contributed by atoms with E-state index in [0.717, 1.165) is 24.9 Å². The number of amides is 2. The maximum atomic E-state index is 13.6. The van der Waals surface area contributed by atoms with Gasteiger partial charge >= 0.3 is 0 Å². The summed E-state index contributed by atoms with van der Waals surface area (Å²) in [6.45, 7) is 3.29. The Morgan fingerprint density at radius 1 is 1.00 bits per heavy atom. The van der Waals surface area contributed by atoms with Crippen molar-refractivity contribution in [2.45, 2.75) is 56.2 Å². The maximum absolute atomic E-state index is 13.6. The van der Waals surface area contributed by atoms with Crippen molar-refractivity contribution in [1.82, 2.24) is 14.7 Å². The summed E-state index contributed by atoms with van der Waals surface area (Å²) in [4.78, 5) is 32.7. The smallest absolute Gasteiger partial charge is 0.255 e. The average Bonchev–Trinajstić information content (AvgIpc) is 3.12. The summed E-state index contributed by atoms with van der Waals surface area (Å²) in [5, 5.41) is 11.1. The van der Waals surface area contributed by atoms with E-state index in [9.17, 15) is 14.7 Å². The normalized spacial score (nSPS) is 28.1. The van der Waals surface area contributed by atoms with E-state index in [2.05, 4.69) is 4.90 Å². The Hall–Kier alpha value is -1.92. The molecule has 152 valence electrons. The van der Waals surface area contributed by atoms with Gasteiger partial charge < -0.3 is 19.8 Å². The molecule has 1 atom stereocenters. The van der Waals surface area contributed by atoms with E-state index in [0.29, 0.717) is 51.9 Å². The van der Waals surface area contributed by atoms with Gasteiger partial charge in [0.15, 0.2) is 0 Å². The summed E-state index contributed by atoms with van der Waals surface area (Å²) >= 11 is 0. The molecule has 3 saturated heterocycles. The molecule has 0 aliphatic carbocycles. The van der Waals surface area contributed by atoms with Crippen molar-refractivity contribution in [3.63, 3.8) is 0 Å². The van der Waals surface area contributed by atoms with Crippen molar-refractivity contribution in [2.75, 3.05) is 33.2 Å². The highest BCUT2D eigenvalue weighted by molar-refractivity contribution is 5.95. The first-order valence-corrected chi connectivity index (χ1v) is 10.5. The number of likely N-dealkylation sites (tertiary alicyclic amines) is 3. The van der Waals surface area contributed by atoms with Crippen LogP contribution in [-0.2, 0) is 16.1 Å². The topological polar surface area (TPSA) is 64.1 Å². The molecular formula is C22H31N3O3. The summed E-state index contributed by atoms with van der Waals surface area (Å²) in [7, 11) is 2.01. The molecule has 6 nitrogen and oxygen atoms in total. The highest BCUT2D eigenvalue weighted by Gasteiger charge is 2.56. The first-order chi connectivity index (χ1) is 13.4. The van der Waals surface area contributed by atoms with Crippen LogP contribution in [0.15, 0.2) is 30.3 Å². The van der Waals surface area contributed by atoms with Gasteiger partial charge in [-0.2, -0.15) is 0 Å². The first kappa shape index (κ1) is 19.4. The lowest BCUT2D eigenvalue weighted by molar-refractivity contribution is -0.169. The zero-order chi connectivity index (χ0) is 19.8. The van der Waals surface area contributed by atoms with E-state index in [-0.39, 0.29) is 11.8 Å². The predicted octanol–water partition coefficient (Wildman–Crippen LogP) is 1.63. The number of piperidine rings is 2. The minimum absolute atomic E-state index is 0.0602. The van der Waals surface area contributed by atoms with E-state index in [1.165, 1.54) is 0 Å². The zero-order valence-electron chi connectivity index (χ0n) is 16.8. The van der Waals surface area contributed by atoms with E-state index < -0.39 is 11.1 Å². The molecule has 6 heteroatoms. The molecule has 3 aliphatic rings. The fourth-order valence-corrected chi connectivity index (χ4v) is 5.13. The monoisotopic (exact) mass is 385 g/mol. The second-order valence-electron chi connectivity index (χ2n) is 8.74. The second kappa shape index (κ2) is 7.48. The Labute approximate surface area is 167 Å². The molecule has 3 fully saturated rings. The highest BCUT2D eigenvalue weighted by Crippen LogP contribution is 2.41. The summed E-state index contributed by atoms with van der Waals surface area (Å²) < 4.78 is 0. The van der Waals surface area contributed by atoms with Crippen LogP contribution in [-0.4, -0.2) is 76.0 Å². The van der Waals surface area contributed by atoms with Gasteiger partial charge in [-0.3, -0.25) is 9.59 Å². The number of nitrogens with zero attached hydrogens (tertiary/aromatic N) is 3. The Morgan fingerprint density at radius 3 is 2.32 bits per heavy atom. The molecule has 3 aliphatic heterocycles. The van der Waals surface area contributed by atoms with Crippen LogP contribution in [0.25, 0.3) is 0 Å². The van der Waals surface area contributed by atoms with Crippen LogP contribution in [0, 0.1) is 0 Å². The molecule has 3 heterocycles. The standard InChI is InChI=1S/C22H31N3O3/c1-23-15-11-22(28,12-16-23)20(27)25-14-6-10-21(25)9-5-13-24(19(21)26)17-18-7-3-2-4-8-18/h2-4,7-8,28H,5-6,9-17H2,1H3. The summed E-state index contributed by atoms with van der Waals surface area (Å²) in [5.41, 5.74) is -0.979. The highest BCUT2D eigenvalue weighted by atomic mass is 16.3. The molecule has 0 bridgehead atoms. The lowest BCUT2D eigenvalue weighted by atomic mass is 9.82. The van der Waals surface area contributed by atoms with Gasteiger partial charge in [0.1, 0.15) is 11.1 Å². The van der Waals surface area contributed by atoms with E-state index >= 15 is 0 Å². The van der Waals surface area contributed by atoms with Gasteiger partial charge in [-0.25, -0.2) is 0 Å². The number of hydrogen-bond acceptors (Lipinski definition) is 4. The third-order valence-corrected chi connectivity index (χ3v) is 6.87. The van der Waals surface area contributed by atoms with Gasteiger partial charge in [-0.15, -0.1) is 0 Å². The molecule has 0 saturated carbocycles. The number of rotatable bonds is 3. The molecule has 2 amide bonds. The fourth-order valence-electron chi connectivity index (χ4n) is 5.13. The summed E-state index contributed by atoms with van der Waals surface area (Å²) in [5.74, 6) is -0.169. The van der Waals surface area contributed by atoms with Crippen molar-refractivity contribution in [3.05, 3.63) is 35.9 Å². The molecule has 1 unspecified atom stereocenters.